The Kier molecular flexibility index (Phi) is 4.38. The Balaban J connectivity index is 0.00000162. The summed E-state index contributed by atoms with van der Waals surface area (Å²) < 4.78 is 23.4. The number of hydrogen-bond donors (Lipinski definition) is 1. The van der Waals surface area contributed by atoms with Crippen LogP contribution in [0.3, 0.4) is 0 Å². The molecule has 0 aliphatic heterocycles. The summed E-state index contributed by atoms with van der Waals surface area (Å²) in [6.07, 6.45) is 1.19. The second kappa shape index (κ2) is 5.42. The summed E-state index contributed by atoms with van der Waals surface area (Å²) in [5, 5.41) is 0. The number of halogens is 1. The molecule has 2 aromatic carbocycles. The zero-order chi connectivity index (χ0) is 12.5. The molecule has 0 heterocycles. The third kappa shape index (κ3) is 3.03. The molecule has 0 aromatic heterocycles. The Morgan fingerprint density at radius 2 is 1.61 bits per heavy atom. The average Bonchev–Trinajstić information content (AvgIpc) is 2.29. The molecule has 2 rings (SSSR count). The van der Waals surface area contributed by atoms with Gasteiger partial charge in [-0.05, 0) is 17.7 Å². The van der Waals surface area contributed by atoms with Crippen LogP contribution < -0.4 is 5.73 Å². The highest BCUT2D eigenvalue weighted by molar-refractivity contribution is 7.90. The van der Waals surface area contributed by atoms with Gasteiger partial charge in [0.25, 0.3) is 0 Å². The smallest absolute Gasteiger partial charge is 0.176 e. The van der Waals surface area contributed by atoms with Crippen LogP contribution in [0.25, 0.3) is 11.1 Å². The number of nitrogens with two attached hydrogens (primary N) is 1. The highest BCUT2D eigenvalue weighted by Gasteiger charge is 2.14. The first-order valence-electron chi connectivity index (χ1n) is 5.13. The van der Waals surface area contributed by atoms with Gasteiger partial charge >= 0.3 is 0 Å². The predicted octanol–water partition coefficient (Wildman–Crippen LogP) is 2.76. The Hall–Kier alpha value is -1.52. The molecule has 0 atom stereocenters. The van der Waals surface area contributed by atoms with E-state index in [-0.39, 0.29) is 17.3 Å². The molecule has 5 heteroatoms. The lowest BCUT2D eigenvalue weighted by molar-refractivity contribution is 0.602. The second-order valence-corrected chi connectivity index (χ2v) is 5.88. The van der Waals surface area contributed by atoms with Crippen molar-refractivity contribution in [1.29, 1.82) is 0 Å². The van der Waals surface area contributed by atoms with Crippen molar-refractivity contribution in [3.8, 4) is 11.1 Å². The van der Waals surface area contributed by atoms with Crippen molar-refractivity contribution in [3.63, 3.8) is 0 Å². The molecule has 2 aromatic rings. The number of benzene rings is 2. The van der Waals surface area contributed by atoms with Crippen LogP contribution in [-0.2, 0) is 9.84 Å². The molecule has 0 amide bonds. The van der Waals surface area contributed by atoms with Crippen molar-refractivity contribution in [2.75, 3.05) is 12.0 Å². The first kappa shape index (κ1) is 14.5. The Labute approximate surface area is 113 Å². The minimum Gasteiger partial charge on any atom is -0.399 e. The summed E-state index contributed by atoms with van der Waals surface area (Å²) in [5.74, 6) is 0. The van der Waals surface area contributed by atoms with Crippen molar-refractivity contribution in [2.45, 2.75) is 4.90 Å². The fourth-order valence-electron chi connectivity index (χ4n) is 1.70. The molecule has 3 nitrogen and oxygen atoms in total. The van der Waals surface area contributed by atoms with Crippen LogP contribution in [0.5, 0.6) is 0 Å². The van der Waals surface area contributed by atoms with E-state index >= 15 is 0 Å². The zero-order valence-electron chi connectivity index (χ0n) is 9.83. The van der Waals surface area contributed by atoms with Crippen molar-refractivity contribution in [2.24, 2.45) is 0 Å². The zero-order valence-corrected chi connectivity index (χ0v) is 11.5. The van der Waals surface area contributed by atoms with Crippen LogP contribution in [-0.4, -0.2) is 14.7 Å². The number of sulfone groups is 1. The Bertz CT molecular complexity index is 639. The Morgan fingerprint density at radius 3 is 2.17 bits per heavy atom. The molecule has 2 N–H and O–H groups in total. The maximum atomic E-state index is 11.7. The summed E-state index contributed by atoms with van der Waals surface area (Å²) in [7, 11) is -3.28. The molecule has 0 fully saturated rings. The van der Waals surface area contributed by atoms with E-state index < -0.39 is 9.84 Å². The molecule has 0 aliphatic carbocycles. The minimum absolute atomic E-state index is 0. The van der Waals surface area contributed by atoms with Gasteiger partial charge in [-0.1, -0.05) is 36.4 Å². The number of hydrogen-bond acceptors (Lipinski definition) is 3. The third-order valence-corrected chi connectivity index (χ3v) is 3.63. The molecular formula is C13H14ClNO2S. The standard InChI is InChI=1S/C13H13NO2S.ClH/c1-17(15,16)13-9-11(14)7-8-12(13)10-5-3-2-4-6-10;/h2-9H,14H2,1H3;1H. The van der Waals surface area contributed by atoms with Crippen LogP contribution in [0.2, 0.25) is 0 Å². The van der Waals surface area contributed by atoms with Gasteiger partial charge in [-0.15, -0.1) is 12.4 Å². The van der Waals surface area contributed by atoms with Crippen molar-refractivity contribution in [1.82, 2.24) is 0 Å². The van der Waals surface area contributed by atoms with Gasteiger partial charge in [-0.2, -0.15) is 0 Å². The highest BCUT2D eigenvalue weighted by atomic mass is 35.5. The molecule has 0 bridgehead atoms. The van der Waals surface area contributed by atoms with Crippen molar-refractivity contribution >= 4 is 27.9 Å². The highest BCUT2D eigenvalue weighted by Crippen LogP contribution is 2.28. The summed E-state index contributed by atoms with van der Waals surface area (Å²) >= 11 is 0. The van der Waals surface area contributed by atoms with E-state index in [0.29, 0.717) is 11.3 Å². The summed E-state index contributed by atoms with van der Waals surface area (Å²) in [4.78, 5) is 0.267. The lowest BCUT2D eigenvalue weighted by Crippen LogP contribution is -2.01. The van der Waals surface area contributed by atoms with Gasteiger partial charge in [0.1, 0.15) is 0 Å². The van der Waals surface area contributed by atoms with Gasteiger partial charge in [0, 0.05) is 17.5 Å². The van der Waals surface area contributed by atoms with Gasteiger partial charge in [0.2, 0.25) is 0 Å². The van der Waals surface area contributed by atoms with Crippen LogP contribution in [0.15, 0.2) is 53.4 Å². The van der Waals surface area contributed by atoms with Crippen LogP contribution >= 0.6 is 12.4 Å². The van der Waals surface area contributed by atoms with Crippen LogP contribution in [0, 0.1) is 0 Å². The van der Waals surface area contributed by atoms with Gasteiger partial charge in [-0.3, -0.25) is 0 Å². The second-order valence-electron chi connectivity index (χ2n) is 3.89. The molecule has 0 saturated heterocycles. The van der Waals surface area contributed by atoms with E-state index in [0.717, 1.165) is 5.56 Å². The molecule has 0 unspecified atom stereocenters. The molecule has 0 saturated carbocycles. The maximum Gasteiger partial charge on any atom is 0.176 e. The third-order valence-electron chi connectivity index (χ3n) is 2.49. The SMILES string of the molecule is CS(=O)(=O)c1cc(N)ccc1-c1ccccc1.Cl. The molecule has 0 radical (unpaired) electrons. The molecule has 0 aliphatic rings. The average molecular weight is 284 g/mol. The topological polar surface area (TPSA) is 60.2 Å². The first-order valence-corrected chi connectivity index (χ1v) is 7.02. The molecular weight excluding hydrogens is 270 g/mol. The van der Waals surface area contributed by atoms with E-state index in [2.05, 4.69) is 0 Å². The lowest BCUT2D eigenvalue weighted by atomic mass is 10.1. The fourth-order valence-corrected chi connectivity index (χ4v) is 2.64. The van der Waals surface area contributed by atoms with E-state index in [1.165, 1.54) is 12.3 Å². The van der Waals surface area contributed by atoms with E-state index in [9.17, 15) is 8.42 Å². The molecule has 0 spiro atoms. The van der Waals surface area contributed by atoms with Crippen LogP contribution in [0.4, 0.5) is 5.69 Å². The van der Waals surface area contributed by atoms with Crippen molar-refractivity contribution in [3.05, 3.63) is 48.5 Å². The van der Waals surface area contributed by atoms with Crippen LogP contribution in [0.1, 0.15) is 0 Å². The maximum absolute atomic E-state index is 11.7. The van der Waals surface area contributed by atoms with Gasteiger partial charge in [0.05, 0.1) is 4.90 Å². The number of nitrogen functional groups attached to an aromatic ring is 1. The van der Waals surface area contributed by atoms with Crippen molar-refractivity contribution < 1.29 is 8.42 Å². The molecule has 96 valence electrons. The van der Waals surface area contributed by atoms with E-state index in [1.807, 2.05) is 30.3 Å². The van der Waals surface area contributed by atoms with Gasteiger partial charge < -0.3 is 5.73 Å². The van der Waals surface area contributed by atoms with Gasteiger partial charge in [0.15, 0.2) is 9.84 Å². The van der Waals surface area contributed by atoms with E-state index in [4.69, 9.17) is 5.73 Å². The lowest BCUT2D eigenvalue weighted by Gasteiger charge is -2.09. The number of anilines is 1. The summed E-state index contributed by atoms with van der Waals surface area (Å²) in [6.45, 7) is 0. The fraction of sp³-hybridized carbons (Fsp3) is 0.0769. The quantitative estimate of drug-likeness (QED) is 0.862. The first-order chi connectivity index (χ1) is 7.98. The summed E-state index contributed by atoms with van der Waals surface area (Å²) in [6, 6.07) is 14.3. The van der Waals surface area contributed by atoms with E-state index in [1.54, 1.807) is 12.1 Å². The predicted molar refractivity (Wildman–Crippen MR) is 76.6 cm³/mol. The summed E-state index contributed by atoms with van der Waals surface area (Å²) in [5.41, 5.74) is 7.64. The molecule has 18 heavy (non-hydrogen) atoms. The van der Waals surface area contributed by atoms with Gasteiger partial charge in [-0.25, -0.2) is 8.42 Å². The number of rotatable bonds is 2. The minimum atomic E-state index is -3.28. The monoisotopic (exact) mass is 283 g/mol. The normalized spacial score (nSPS) is 10.7. The Morgan fingerprint density at radius 1 is 1.00 bits per heavy atom. The largest absolute Gasteiger partial charge is 0.399 e.